The van der Waals surface area contributed by atoms with E-state index >= 15 is 0 Å². The van der Waals surface area contributed by atoms with Crippen molar-refractivity contribution in [2.45, 2.75) is 13.5 Å². The standard InChI is InChI=1S/C15H20N2O3/c1-2-17(8-12-6-4-3-5-7-12)14(18)11-16-9-13(10-16)15(19)20/h3-7,13H,2,8-11H2,1H3,(H,19,20). The summed E-state index contributed by atoms with van der Waals surface area (Å²) in [5, 5.41) is 8.81. The van der Waals surface area contributed by atoms with Crippen LogP contribution in [0.25, 0.3) is 0 Å². The third kappa shape index (κ3) is 3.57. The predicted octanol–water partition coefficient (Wildman–Crippen LogP) is 1.05. The highest BCUT2D eigenvalue weighted by Gasteiger charge is 2.33. The second kappa shape index (κ2) is 6.52. The summed E-state index contributed by atoms with van der Waals surface area (Å²) in [6, 6.07) is 9.87. The van der Waals surface area contributed by atoms with Crippen LogP contribution in [0.2, 0.25) is 0 Å². The van der Waals surface area contributed by atoms with Gasteiger partial charge in [-0.1, -0.05) is 30.3 Å². The van der Waals surface area contributed by atoms with Gasteiger partial charge in [-0.15, -0.1) is 0 Å². The fourth-order valence-corrected chi connectivity index (χ4v) is 2.33. The molecule has 1 N–H and O–H groups in total. The highest BCUT2D eigenvalue weighted by Crippen LogP contribution is 2.15. The molecule has 0 aromatic heterocycles. The SMILES string of the molecule is CCN(Cc1ccccc1)C(=O)CN1CC(C(=O)O)C1. The van der Waals surface area contributed by atoms with Crippen molar-refractivity contribution < 1.29 is 14.7 Å². The van der Waals surface area contributed by atoms with E-state index in [-0.39, 0.29) is 11.8 Å². The van der Waals surface area contributed by atoms with Crippen LogP contribution in [-0.4, -0.2) is 53.0 Å². The van der Waals surface area contributed by atoms with Crippen LogP contribution >= 0.6 is 0 Å². The van der Waals surface area contributed by atoms with Crippen LogP contribution in [0.1, 0.15) is 12.5 Å². The number of nitrogens with zero attached hydrogens (tertiary/aromatic N) is 2. The Morgan fingerprint density at radius 1 is 1.30 bits per heavy atom. The first kappa shape index (κ1) is 14.5. The molecule has 1 fully saturated rings. The van der Waals surface area contributed by atoms with Crippen molar-refractivity contribution in [2.24, 2.45) is 5.92 Å². The van der Waals surface area contributed by atoms with Crippen molar-refractivity contribution in [3.05, 3.63) is 35.9 Å². The highest BCUT2D eigenvalue weighted by atomic mass is 16.4. The average molecular weight is 276 g/mol. The first-order valence-electron chi connectivity index (χ1n) is 6.87. The Bertz CT molecular complexity index is 469. The van der Waals surface area contributed by atoms with Gasteiger partial charge in [-0.3, -0.25) is 14.5 Å². The Balaban J connectivity index is 1.83. The van der Waals surface area contributed by atoms with Crippen molar-refractivity contribution in [1.82, 2.24) is 9.80 Å². The Morgan fingerprint density at radius 2 is 1.95 bits per heavy atom. The van der Waals surface area contributed by atoms with Crippen LogP contribution in [0.5, 0.6) is 0 Å². The second-order valence-electron chi connectivity index (χ2n) is 5.12. The van der Waals surface area contributed by atoms with Crippen molar-refractivity contribution in [1.29, 1.82) is 0 Å². The van der Waals surface area contributed by atoms with Crippen LogP contribution in [0.3, 0.4) is 0 Å². The Hall–Kier alpha value is -1.88. The number of likely N-dealkylation sites (N-methyl/N-ethyl adjacent to an activating group) is 1. The summed E-state index contributed by atoms with van der Waals surface area (Å²) < 4.78 is 0. The van der Waals surface area contributed by atoms with E-state index in [1.54, 1.807) is 4.90 Å². The lowest BCUT2D eigenvalue weighted by Gasteiger charge is -2.37. The van der Waals surface area contributed by atoms with Gasteiger partial charge in [-0.25, -0.2) is 0 Å². The molecule has 1 heterocycles. The van der Waals surface area contributed by atoms with E-state index in [1.165, 1.54) is 0 Å². The minimum Gasteiger partial charge on any atom is -0.481 e. The first-order chi connectivity index (χ1) is 9.60. The largest absolute Gasteiger partial charge is 0.481 e. The zero-order chi connectivity index (χ0) is 14.5. The van der Waals surface area contributed by atoms with Crippen molar-refractivity contribution >= 4 is 11.9 Å². The molecule has 108 valence electrons. The van der Waals surface area contributed by atoms with Crippen LogP contribution < -0.4 is 0 Å². The maximum Gasteiger partial charge on any atom is 0.309 e. The molecule has 1 amide bonds. The third-order valence-corrected chi connectivity index (χ3v) is 3.62. The number of carbonyl (C=O) groups is 2. The molecular formula is C15H20N2O3. The molecule has 0 spiro atoms. The number of carbonyl (C=O) groups excluding carboxylic acids is 1. The van der Waals surface area contributed by atoms with E-state index in [1.807, 2.05) is 42.2 Å². The summed E-state index contributed by atoms with van der Waals surface area (Å²) in [5.41, 5.74) is 1.11. The Labute approximate surface area is 118 Å². The number of hydrogen-bond donors (Lipinski definition) is 1. The molecule has 0 radical (unpaired) electrons. The van der Waals surface area contributed by atoms with Gasteiger partial charge in [0.1, 0.15) is 0 Å². The maximum atomic E-state index is 12.2. The number of benzene rings is 1. The van der Waals surface area contributed by atoms with Crippen molar-refractivity contribution in [3.63, 3.8) is 0 Å². The van der Waals surface area contributed by atoms with E-state index in [9.17, 15) is 9.59 Å². The molecule has 1 aromatic rings. The van der Waals surface area contributed by atoms with Gasteiger partial charge in [0.05, 0.1) is 12.5 Å². The van der Waals surface area contributed by atoms with Crippen molar-refractivity contribution in [2.75, 3.05) is 26.2 Å². The molecule has 20 heavy (non-hydrogen) atoms. The van der Waals surface area contributed by atoms with E-state index < -0.39 is 5.97 Å². The number of carboxylic acid groups (broad SMARTS) is 1. The fraction of sp³-hybridized carbons (Fsp3) is 0.467. The smallest absolute Gasteiger partial charge is 0.309 e. The molecule has 0 bridgehead atoms. The maximum absolute atomic E-state index is 12.2. The number of hydrogen-bond acceptors (Lipinski definition) is 3. The second-order valence-corrected chi connectivity index (χ2v) is 5.12. The average Bonchev–Trinajstić information content (AvgIpc) is 2.40. The molecular weight excluding hydrogens is 256 g/mol. The monoisotopic (exact) mass is 276 g/mol. The summed E-state index contributed by atoms with van der Waals surface area (Å²) in [5.74, 6) is -1.03. The van der Waals surface area contributed by atoms with Crippen LogP contribution in [0, 0.1) is 5.92 Å². The minimum absolute atomic E-state index is 0.0557. The van der Waals surface area contributed by atoms with Gasteiger partial charge in [-0.2, -0.15) is 0 Å². The van der Waals surface area contributed by atoms with Gasteiger partial charge in [0.2, 0.25) is 5.91 Å². The van der Waals surface area contributed by atoms with Gasteiger partial charge in [0, 0.05) is 26.2 Å². The summed E-state index contributed by atoms with van der Waals surface area (Å²) in [4.78, 5) is 26.6. The predicted molar refractivity (Wildman–Crippen MR) is 75.1 cm³/mol. The van der Waals surface area contributed by atoms with E-state index in [4.69, 9.17) is 5.11 Å². The van der Waals surface area contributed by atoms with Gasteiger partial charge < -0.3 is 10.0 Å². The minimum atomic E-state index is -0.773. The highest BCUT2D eigenvalue weighted by molar-refractivity contribution is 5.79. The molecule has 1 aliphatic heterocycles. The zero-order valence-corrected chi connectivity index (χ0v) is 11.7. The fourth-order valence-electron chi connectivity index (χ4n) is 2.33. The van der Waals surface area contributed by atoms with Crippen LogP contribution in [-0.2, 0) is 16.1 Å². The van der Waals surface area contributed by atoms with Crippen LogP contribution in [0.4, 0.5) is 0 Å². The Morgan fingerprint density at radius 3 is 2.50 bits per heavy atom. The molecule has 1 aromatic carbocycles. The molecule has 2 rings (SSSR count). The molecule has 1 aliphatic rings. The summed E-state index contributed by atoms with van der Waals surface area (Å²) in [6.07, 6.45) is 0. The van der Waals surface area contributed by atoms with Gasteiger partial charge >= 0.3 is 5.97 Å². The van der Waals surface area contributed by atoms with Crippen LogP contribution in [0.15, 0.2) is 30.3 Å². The molecule has 5 heteroatoms. The Kier molecular flexibility index (Phi) is 4.74. The molecule has 0 atom stereocenters. The van der Waals surface area contributed by atoms with Gasteiger partial charge in [0.25, 0.3) is 0 Å². The molecule has 0 aliphatic carbocycles. The normalized spacial score (nSPS) is 15.7. The van der Waals surface area contributed by atoms with E-state index in [0.29, 0.717) is 32.7 Å². The van der Waals surface area contributed by atoms with E-state index in [0.717, 1.165) is 5.56 Å². The summed E-state index contributed by atoms with van der Waals surface area (Å²) >= 11 is 0. The van der Waals surface area contributed by atoms with Gasteiger partial charge in [-0.05, 0) is 12.5 Å². The lowest BCUT2D eigenvalue weighted by molar-refractivity contribution is -0.150. The quantitative estimate of drug-likeness (QED) is 0.843. The number of aliphatic carboxylic acids is 1. The lowest BCUT2D eigenvalue weighted by Crippen LogP contribution is -2.53. The third-order valence-electron chi connectivity index (χ3n) is 3.62. The van der Waals surface area contributed by atoms with Crippen molar-refractivity contribution in [3.8, 4) is 0 Å². The topological polar surface area (TPSA) is 60.9 Å². The molecule has 0 saturated carbocycles. The molecule has 5 nitrogen and oxygen atoms in total. The lowest BCUT2D eigenvalue weighted by atomic mass is 10.0. The number of rotatable bonds is 6. The number of carboxylic acids is 1. The zero-order valence-electron chi connectivity index (χ0n) is 11.7. The molecule has 1 saturated heterocycles. The summed E-state index contributed by atoms with van der Waals surface area (Å²) in [6.45, 7) is 4.48. The molecule has 0 unspecified atom stereocenters. The van der Waals surface area contributed by atoms with Gasteiger partial charge in [0.15, 0.2) is 0 Å². The summed E-state index contributed by atoms with van der Waals surface area (Å²) in [7, 11) is 0. The first-order valence-corrected chi connectivity index (χ1v) is 6.87. The van der Waals surface area contributed by atoms with E-state index in [2.05, 4.69) is 0 Å². The number of likely N-dealkylation sites (tertiary alicyclic amines) is 1. The number of amides is 1.